The molecule has 0 aliphatic carbocycles. The van der Waals surface area contributed by atoms with E-state index in [1.807, 2.05) is 18.2 Å². The van der Waals surface area contributed by atoms with Crippen LogP contribution in [0, 0.1) is 13.8 Å². The summed E-state index contributed by atoms with van der Waals surface area (Å²) >= 11 is 3.49. The highest BCUT2D eigenvalue weighted by molar-refractivity contribution is 9.10. The molecule has 0 bridgehead atoms. The summed E-state index contributed by atoms with van der Waals surface area (Å²) in [6, 6.07) is 11.6. The van der Waals surface area contributed by atoms with Gasteiger partial charge in [-0.25, -0.2) is 0 Å². The van der Waals surface area contributed by atoms with E-state index in [1.165, 1.54) is 11.1 Å². The summed E-state index contributed by atoms with van der Waals surface area (Å²) < 4.78 is 1.09. The van der Waals surface area contributed by atoms with Gasteiger partial charge in [-0.3, -0.25) is 0 Å². The van der Waals surface area contributed by atoms with Gasteiger partial charge in [-0.2, -0.15) is 0 Å². The van der Waals surface area contributed by atoms with E-state index in [0.717, 1.165) is 15.7 Å². The van der Waals surface area contributed by atoms with Crippen molar-refractivity contribution < 1.29 is 5.11 Å². The van der Waals surface area contributed by atoms with Crippen LogP contribution in [-0.4, -0.2) is 5.11 Å². The summed E-state index contributed by atoms with van der Waals surface area (Å²) in [5.74, 6) is 0.331. The lowest BCUT2D eigenvalue weighted by molar-refractivity contribution is 0.469. The number of phenolic OH excluding ortho intramolecular Hbond substituents is 1. The van der Waals surface area contributed by atoms with Gasteiger partial charge in [-0.05, 0) is 43.2 Å². The van der Waals surface area contributed by atoms with Crippen molar-refractivity contribution in [2.24, 2.45) is 0 Å². The molecule has 0 fully saturated rings. The maximum Gasteiger partial charge on any atom is 0.120 e. The van der Waals surface area contributed by atoms with Gasteiger partial charge in [0.05, 0.1) is 0 Å². The molecule has 2 N–H and O–H groups in total. The van der Waals surface area contributed by atoms with Crippen molar-refractivity contribution >= 4 is 21.6 Å². The molecule has 0 spiro atoms. The predicted octanol–water partition coefficient (Wildman–Crippen LogP) is 4.38. The summed E-state index contributed by atoms with van der Waals surface area (Å²) in [4.78, 5) is 0. The molecule has 2 rings (SSSR count). The van der Waals surface area contributed by atoms with Crippen LogP contribution >= 0.6 is 15.9 Å². The summed E-state index contributed by atoms with van der Waals surface area (Å²) in [6.45, 7) is 4.77. The van der Waals surface area contributed by atoms with E-state index in [1.54, 1.807) is 6.07 Å². The number of hydrogen-bond donors (Lipinski definition) is 2. The second-order valence-corrected chi connectivity index (χ2v) is 5.31. The largest absolute Gasteiger partial charge is 0.508 e. The number of nitrogens with one attached hydrogen (secondary N) is 1. The van der Waals surface area contributed by atoms with Crippen LogP contribution in [0.3, 0.4) is 0 Å². The van der Waals surface area contributed by atoms with E-state index in [2.05, 4.69) is 47.2 Å². The third kappa shape index (κ3) is 2.85. The minimum absolute atomic E-state index is 0.331. The van der Waals surface area contributed by atoms with Crippen molar-refractivity contribution in [3.8, 4) is 5.75 Å². The van der Waals surface area contributed by atoms with Crippen molar-refractivity contribution in [3.05, 3.63) is 57.6 Å². The first-order valence-corrected chi connectivity index (χ1v) is 6.64. The Hall–Kier alpha value is -1.48. The molecule has 0 heterocycles. The first-order chi connectivity index (χ1) is 8.58. The van der Waals surface area contributed by atoms with E-state index >= 15 is 0 Å². The Bertz CT molecular complexity index is 543. The number of hydrogen-bond acceptors (Lipinski definition) is 2. The van der Waals surface area contributed by atoms with E-state index < -0.39 is 0 Å². The molecular formula is C15H16BrNO. The van der Waals surface area contributed by atoms with Crippen molar-refractivity contribution in [1.29, 1.82) is 0 Å². The quantitative estimate of drug-likeness (QED) is 0.882. The molecule has 2 aromatic rings. The number of halogens is 1. The van der Waals surface area contributed by atoms with Crippen LogP contribution in [0.4, 0.5) is 5.69 Å². The Morgan fingerprint density at radius 1 is 1.11 bits per heavy atom. The zero-order chi connectivity index (χ0) is 13.1. The molecule has 0 unspecified atom stereocenters. The van der Waals surface area contributed by atoms with Gasteiger partial charge in [0, 0.05) is 22.3 Å². The minimum Gasteiger partial charge on any atom is -0.508 e. The molecule has 0 atom stereocenters. The van der Waals surface area contributed by atoms with Crippen LogP contribution in [0.15, 0.2) is 40.9 Å². The number of aryl methyl sites for hydroxylation is 2. The highest BCUT2D eigenvalue weighted by Gasteiger charge is 2.05. The zero-order valence-electron chi connectivity index (χ0n) is 10.5. The van der Waals surface area contributed by atoms with Gasteiger partial charge >= 0.3 is 0 Å². The Morgan fingerprint density at radius 2 is 1.72 bits per heavy atom. The van der Waals surface area contributed by atoms with Gasteiger partial charge in [-0.15, -0.1) is 0 Å². The Labute approximate surface area is 116 Å². The highest BCUT2D eigenvalue weighted by Crippen LogP contribution is 2.26. The molecule has 0 radical (unpaired) electrons. The molecule has 18 heavy (non-hydrogen) atoms. The lowest BCUT2D eigenvalue weighted by Gasteiger charge is -2.14. The third-order valence-electron chi connectivity index (χ3n) is 2.94. The van der Waals surface area contributed by atoms with Gasteiger partial charge in [0.15, 0.2) is 0 Å². The fraction of sp³-hybridized carbons (Fsp3) is 0.200. The molecule has 0 aliphatic heterocycles. The van der Waals surface area contributed by atoms with Crippen LogP contribution in [0.1, 0.15) is 16.7 Å². The molecule has 0 amide bonds. The summed E-state index contributed by atoms with van der Waals surface area (Å²) in [6.07, 6.45) is 0. The van der Waals surface area contributed by atoms with Crippen LogP contribution < -0.4 is 5.32 Å². The van der Waals surface area contributed by atoms with Crippen LogP contribution in [0.5, 0.6) is 5.75 Å². The molecule has 0 aromatic heterocycles. The topological polar surface area (TPSA) is 32.3 Å². The minimum atomic E-state index is 0.331. The molecule has 2 nitrogen and oxygen atoms in total. The maximum atomic E-state index is 9.72. The molecule has 3 heteroatoms. The second-order valence-electron chi connectivity index (χ2n) is 4.40. The Kier molecular flexibility index (Phi) is 3.92. The van der Waals surface area contributed by atoms with Crippen LogP contribution in [0.2, 0.25) is 0 Å². The van der Waals surface area contributed by atoms with E-state index in [-0.39, 0.29) is 0 Å². The Balaban J connectivity index is 2.19. The van der Waals surface area contributed by atoms with Crippen LogP contribution in [-0.2, 0) is 6.54 Å². The van der Waals surface area contributed by atoms with Gasteiger partial charge in [0.2, 0.25) is 0 Å². The average molecular weight is 306 g/mol. The smallest absolute Gasteiger partial charge is 0.120 e. The normalized spacial score (nSPS) is 10.4. The first-order valence-electron chi connectivity index (χ1n) is 5.85. The summed E-state index contributed by atoms with van der Waals surface area (Å²) in [5, 5.41) is 13.1. The zero-order valence-corrected chi connectivity index (χ0v) is 12.1. The van der Waals surface area contributed by atoms with E-state index in [9.17, 15) is 5.11 Å². The number of aromatic hydroxyl groups is 1. The van der Waals surface area contributed by atoms with E-state index in [0.29, 0.717) is 12.3 Å². The molecule has 94 valence electrons. The fourth-order valence-electron chi connectivity index (χ4n) is 2.03. The fourth-order valence-corrected chi connectivity index (χ4v) is 2.72. The number of anilines is 1. The maximum absolute atomic E-state index is 9.72. The predicted molar refractivity (Wildman–Crippen MR) is 79.0 cm³/mol. The molecule has 2 aromatic carbocycles. The summed E-state index contributed by atoms with van der Waals surface area (Å²) in [5.41, 5.74) is 4.41. The van der Waals surface area contributed by atoms with Crippen molar-refractivity contribution in [3.63, 3.8) is 0 Å². The molecule has 0 saturated heterocycles. The number of benzene rings is 2. The van der Waals surface area contributed by atoms with Crippen molar-refractivity contribution in [1.82, 2.24) is 0 Å². The first kappa shape index (κ1) is 13.0. The molecule has 0 saturated carbocycles. The van der Waals surface area contributed by atoms with Gasteiger partial charge < -0.3 is 10.4 Å². The van der Waals surface area contributed by atoms with E-state index in [4.69, 9.17) is 0 Å². The van der Waals surface area contributed by atoms with Gasteiger partial charge in [-0.1, -0.05) is 34.1 Å². The number of rotatable bonds is 3. The molecule has 0 aliphatic rings. The SMILES string of the molecule is Cc1cc(Br)cc(C)c1NCc1ccccc1O. The monoisotopic (exact) mass is 305 g/mol. The molecular weight excluding hydrogens is 290 g/mol. The lowest BCUT2D eigenvalue weighted by atomic mass is 10.1. The lowest BCUT2D eigenvalue weighted by Crippen LogP contribution is -2.03. The number of para-hydroxylation sites is 1. The van der Waals surface area contributed by atoms with Crippen LogP contribution in [0.25, 0.3) is 0 Å². The third-order valence-corrected chi connectivity index (χ3v) is 3.40. The average Bonchev–Trinajstić information content (AvgIpc) is 2.30. The standard InChI is InChI=1S/C15H16BrNO/c1-10-7-13(16)8-11(2)15(10)17-9-12-5-3-4-6-14(12)18/h3-8,17-18H,9H2,1-2H3. The van der Waals surface area contributed by atoms with Gasteiger partial charge in [0.25, 0.3) is 0 Å². The second kappa shape index (κ2) is 5.44. The van der Waals surface area contributed by atoms with Crippen molar-refractivity contribution in [2.45, 2.75) is 20.4 Å². The number of phenols is 1. The highest BCUT2D eigenvalue weighted by atomic mass is 79.9. The summed E-state index contributed by atoms with van der Waals surface area (Å²) in [7, 11) is 0. The van der Waals surface area contributed by atoms with Crippen molar-refractivity contribution in [2.75, 3.05) is 5.32 Å². The Morgan fingerprint density at radius 3 is 2.33 bits per heavy atom. The van der Waals surface area contributed by atoms with Gasteiger partial charge in [0.1, 0.15) is 5.75 Å².